The second kappa shape index (κ2) is 9.83. The van der Waals surface area contributed by atoms with Crippen molar-refractivity contribution in [3.8, 4) is 17.2 Å². The molecule has 0 unspecified atom stereocenters. The maximum atomic E-state index is 12.8. The third-order valence-electron chi connectivity index (χ3n) is 4.82. The molecule has 5 nitrogen and oxygen atoms in total. The highest BCUT2D eigenvalue weighted by Gasteiger charge is 2.12. The number of hydrogen-bond donors (Lipinski definition) is 1. The lowest BCUT2D eigenvalue weighted by Gasteiger charge is -2.14. The number of anilines is 1. The van der Waals surface area contributed by atoms with Crippen LogP contribution >= 0.6 is 0 Å². The van der Waals surface area contributed by atoms with E-state index in [1.54, 1.807) is 13.2 Å². The smallest absolute Gasteiger partial charge is 0.255 e. The molecule has 1 amide bonds. The quantitative estimate of drug-likeness (QED) is 0.534. The minimum absolute atomic E-state index is 0.177. The molecule has 0 aliphatic rings. The molecule has 30 heavy (non-hydrogen) atoms. The Kier molecular flexibility index (Phi) is 6.96. The normalized spacial score (nSPS) is 10.4. The van der Waals surface area contributed by atoms with Crippen molar-refractivity contribution >= 4 is 11.6 Å². The minimum atomic E-state index is -0.177. The summed E-state index contributed by atoms with van der Waals surface area (Å²) in [7, 11) is 1.62. The molecule has 0 saturated carbocycles. The molecule has 1 N–H and O–H groups in total. The molecule has 0 atom stereocenters. The van der Waals surface area contributed by atoms with E-state index in [0.29, 0.717) is 23.7 Å². The molecule has 0 spiro atoms. The van der Waals surface area contributed by atoms with Gasteiger partial charge in [0, 0.05) is 22.9 Å². The fourth-order valence-electron chi connectivity index (χ4n) is 3.00. The van der Waals surface area contributed by atoms with Crippen molar-refractivity contribution in [2.75, 3.05) is 19.0 Å². The highest BCUT2D eigenvalue weighted by atomic mass is 16.5. The summed E-state index contributed by atoms with van der Waals surface area (Å²) in [6, 6.07) is 18.6. The number of carbonyl (C=O) groups is 1. The first-order valence-electron chi connectivity index (χ1n) is 9.91. The van der Waals surface area contributed by atoms with E-state index in [1.807, 2.05) is 75.4 Å². The number of amides is 1. The Bertz CT molecular complexity index is 1030. The van der Waals surface area contributed by atoms with Gasteiger partial charge in [-0.15, -0.1) is 0 Å². The third-order valence-corrected chi connectivity index (χ3v) is 4.82. The molecule has 0 aliphatic carbocycles. The number of nitrogens with one attached hydrogen (secondary N) is 1. The molecule has 3 aromatic rings. The van der Waals surface area contributed by atoms with Crippen LogP contribution in [0.3, 0.4) is 0 Å². The zero-order valence-electron chi connectivity index (χ0n) is 17.8. The van der Waals surface area contributed by atoms with Crippen molar-refractivity contribution in [2.24, 2.45) is 0 Å². The SMILES string of the molecule is CCOc1ccc(C(=O)Nc2ccc(C)c(C)c2)cc1COc1cccc(OC)c1. The van der Waals surface area contributed by atoms with Gasteiger partial charge in [0.15, 0.2) is 0 Å². The van der Waals surface area contributed by atoms with Crippen LogP contribution < -0.4 is 19.5 Å². The highest BCUT2D eigenvalue weighted by molar-refractivity contribution is 6.04. The lowest BCUT2D eigenvalue weighted by molar-refractivity contribution is 0.102. The Balaban J connectivity index is 1.78. The van der Waals surface area contributed by atoms with Gasteiger partial charge >= 0.3 is 0 Å². The number of carbonyl (C=O) groups excluding carboxylic acids is 1. The summed E-state index contributed by atoms with van der Waals surface area (Å²) in [5, 5.41) is 2.96. The summed E-state index contributed by atoms with van der Waals surface area (Å²) in [5.41, 5.74) is 4.43. The van der Waals surface area contributed by atoms with Crippen molar-refractivity contribution in [1.29, 1.82) is 0 Å². The third kappa shape index (κ3) is 5.32. The van der Waals surface area contributed by atoms with Crippen LogP contribution in [0, 0.1) is 13.8 Å². The van der Waals surface area contributed by atoms with E-state index in [9.17, 15) is 4.79 Å². The molecule has 0 heterocycles. The fraction of sp³-hybridized carbons (Fsp3) is 0.240. The number of rotatable bonds is 8. The summed E-state index contributed by atoms with van der Waals surface area (Å²) >= 11 is 0. The second-order valence-electron chi connectivity index (χ2n) is 6.98. The molecule has 0 aromatic heterocycles. The van der Waals surface area contributed by atoms with E-state index in [0.717, 1.165) is 22.6 Å². The molecular weight excluding hydrogens is 378 g/mol. The standard InChI is InChI=1S/C25H27NO4/c1-5-29-24-12-10-19(25(27)26-21-11-9-17(2)18(3)13-21)14-20(24)16-30-23-8-6-7-22(15-23)28-4/h6-15H,5,16H2,1-4H3,(H,26,27). The van der Waals surface area contributed by atoms with Crippen LogP contribution in [0.15, 0.2) is 60.7 Å². The highest BCUT2D eigenvalue weighted by Crippen LogP contribution is 2.25. The molecule has 3 rings (SSSR count). The van der Waals surface area contributed by atoms with Crippen LogP contribution in [0.25, 0.3) is 0 Å². The average Bonchev–Trinajstić information content (AvgIpc) is 2.76. The van der Waals surface area contributed by atoms with Gasteiger partial charge in [-0.1, -0.05) is 12.1 Å². The van der Waals surface area contributed by atoms with Crippen molar-refractivity contribution in [2.45, 2.75) is 27.4 Å². The Morgan fingerprint density at radius 3 is 2.43 bits per heavy atom. The topological polar surface area (TPSA) is 56.8 Å². The van der Waals surface area contributed by atoms with E-state index < -0.39 is 0 Å². The number of methoxy groups -OCH3 is 1. The largest absolute Gasteiger partial charge is 0.497 e. The number of aryl methyl sites for hydroxylation is 2. The maximum absolute atomic E-state index is 12.8. The summed E-state index contributed by atoms with van der Waals surface area (Å²) in [4.78, 5) is 12.8. The zero-order chi connectivity index (χ0) is 21.5. The van der Waals surface area contributed by atoms with Gasteiger partial charge in [-0.05, 0) is 74.4 Å². The first kappa shape index (κ1) is 21.2. The van der Waals surface area contributed by atoms with Gasteiger partial charge in [-0.2, -0.15) is 0 Å². The maximum Gasteiger partial charge on any atom is 0.255 e. The summed E-state index contributed by atoms with van der Waals surface area (Å²) in [6.07, 6.45) is 0. The van der Waals surface area contributed by atoms with Crippen LogP contribution in [-0.4, -0.2) is 19.6 Å². The molecule has 0 radical (unpaired) electrons. The molecule has 0 aliphatic heterocycles. The van der Waals surface area contributed by atoms with Gasteiger partial charge < -0.3 is 19.5 Å². The van der Waals surface area contributed by atoms with Crippen LogP contribution in [0.5, 0.6) is 17.2 Å². The zero-order valence-corrected chi connectivity index (χ0v) is 17.8. The van der Waals surface area contributed by atoms with Gasteiger partial charge in [0.05, 0.1) is 13.7 Å². The fourth-order valence-corrected chi connectivity index (χ4v) is 3.00. The lowest BCUT2D eigenvalue weighted by atomic mass is 10.1. The van der Waals surface area contributed by atoms with Crippen molar-refractivity contribution in [3.63, 3.8) is 0 Å². The summed E-state index contributed by atoms with van der Waals surface area (Å²) < 4.78 is 16.9. The molecular formula is C25H27NO4. The predicted molar refractivity (Wildman–Crippen MR) is 119 cm³/mol. The Hall–Kier alpha value is -3.47. The number of ether oxygens (including phenoxy) is 3. The van der Waals surface area contributed by atoms with E-state index in [2.05, 4.69) is 5.32 Å². The van der Waals surface area contributed by atoms with Gasteiger partial charge in [0.2, 0.25) is 0 Å². The number of hydrogen-bond acceptors (Lipinski definition) is 4. The number of benzene rings is 3. The molecule has 156 valence electrons. The van der Waals surface area contributed by atoms with Gasteiger partial charge in [0.25, 0.3) is 5.91 Å². The first-order chi connectivity index (χ1) is 14.5. The molecule has 0 bridgehead atoms. The van der Waals surface area contributed by atoms with Crippen molar-refractivity contribution < 1.29 is 19.0 Å². The predicted octanol–water partition coefficient (Wildman–Crippen LogP) is 5.54. The van der Waals surface area contributed by atoms with E-state index in [4.69, 9.17) is 14.2 Å². The Labute approximate surface area is 177 Å². The average molecular weight is 405 g/mol. The first-order valence-corrected chi connectivity index (χ1v) is 9.91. The van der Waals surface area contributed by atoms with E-state index in [1.165, 1.54) is 5.56 Å². The van der Waals surface area contributed by atoms with Crippen LogP contribution in [-0.2, 0) is 6.61 Å². The van der Waals surface area contributed by atoms with Crippen molar-refractivity contribution in [1.82, 2.24) is 0 Å². The summed E-state index contributed by atoms with van der Waals surface area (Å²) in [6.45, 7) is 6.79. The van der Waals surface area contributed by atoms with Gasteiger partial charge in [0.1, 0.15) is 23.9 Å². The lowest BCUT2D eigenvalue weighted by Crippen LogP contribution is -2.13. The van der Waals surface area contributed by atoms with Gasteiger partial charge in [-0.3, -0.25) is 4.79 Å². The molecule has 3 aromatic carbocycles. The van der Waals surface area contributed by atoms with Crippen LogP contribution in [0.1, 0.15) is 34.0 Å². The van der Waals surface area contributed by atoms with Crippen LogP contribution in [0.2, 0.25) is 0 Å². The molecule has 5 heteroatoms. The molecule has 0 saturated heterocycles. The molecule has 0 fully saturated rings. The Morgan fingerprint density at radius 1 is 0.900 bits per heavy atom. The summed E-state index contributed by atoms with van der Waals surface area (Å²) in [5.74, 6) is 1.92. The minimum Gasteiger partial charge on any atom is -0.497 e. The van der Waals surface area contributed by atoms with E-state index >= 15 is 0 Å². The van der Waals surface area contributed by atoms with Crippen molar-refractivity contribution in [3.05, 3.63) is 82.9 Å². The Morgan fingerprint density at radius 2 is 1.70 bits per heavy atom. The van der Waals surface area contributed by atoms with E-state index in [-0.39, 0.29) is 12.5 Å². The monoisotopic (exact) mass is 405 g/mol. The second-order valence-corrected chi connectivity index (χ2v) is 6.98. The van der Waals surface area contributed by atoms with Crippen LogP contribution in [0.4, 0.5) is 5.69 Å². The van der Waals surface area contributed by atoms with Gasteiger partial charge in [-0.25, -0.2) is 0 Å².